The number of thioether (sulfide) groups is 1. The SMILES string of the molecule is CCSCCOc1ccc(C(=O)NCCNC(=O)c2cn(-c3ccccc3)nc2C(F)(F)F)cn1. The number of benzene rings is 1. The molecule has 2 aromatic heterocycles. The molecular weight excluding hydrogens is 483 g/mol. The lowest BCUT2D eigenvalue weighted by atomic mass is 10.2. The summed E-state index contributed by atoms with van der Waals surface area (Å²) in [6.45, 7) is 2.49. The molecule has 0 bridgehead atoms. The van der Waals surface area contributed by atoms with Crippen molar-refractivity contribution in [3.05, 3.63) is 71.7 Å². The van der Waals surface area contributed by atoms with Crippen molar-refractivity contribution in [3.8, 4) is 11.6 Å². The highest BCUT2D eigenvalue weighted by Crippen LogP contribution is 2.31. The van der Waals surface area contributed by atoms with Crippen LogP contribution in [0.2, 0.25) is 0 Å². The van der Waals surface area contributed by atoms with E-state index in [2.05, 4.69) is 27.6 Å². The van der Waals surface area contributed by atoms with Gasteiger partial charge in [-0.25, -0.2) is 9.67 Å². The zero-order chi connectivity index (χ0) is 25.3. The Labute approximate surface area is 204 Å². The van der Waals surface area contributed by atoms with Gasteiger partial charge in [0.15, 0.2) is 5.69 Å². The smallest absolute Gasteiger partial charge is 0.435 e. The summed E-state index contributed by atoms with van der Waals surface area (Å²) in [5.41, 5.74) is -1.22. The molecule has 0 saturated carbocycles. The predicted octanol–water partition coefficient (Wildman–Crippen LogP) is 3.58. The molecule has 1 aromatic carbocycles. The molecule has 12 heteroatoms. The topological polar surface area (TPSA) is 98.1 Å². The summed E-state index contributed by atoms with van der Waals surface area (Å²) in [5.74, 6) is 0.855. The number of rotatable bonds is 11. The molecule has 2 N–H and O–H groups in total. The minimum atomic E-state index is -4.81. The highest BCUT2D eigenvalue weighted by Gasteiger charge is 2.39. The third kappa shape index (κ3) is 7.47. The second-order valence-electron chi connectivity index (χ2n) is 7.11. The third-order valence-corrected chi connectivity index (χ3v) is 5.49. The summed E-state index contributed by atoms with van der Waals surface area (Å²) in [7, 11) is 0. The zero-order valence-electron chi connectivity index (χ0n) is 18.8. The number of alkyl halides is 3. The van der Waals surface area contributed by atoms with Crippen LogP contribution in [0, 0.1) is 0 Å². The molecule has 8 nitrogen and oxygen atoms in total. The summed E-state index contributed by atoms with van der Waals surface area (Å²) in [6, 6.07) is 11.3. The van der Waals surface area contributed by atoms with Gasteiger partial charge >= 0.3 is 6.18 Å². The van der Waals surface area contributed by atoms with Crippen molar-refractivity contribution in [2.24, 2.45) is 0 Å². The van der Waals surface area contributed by atoms with Crippen molar-refractivity contribution in [2.75, 3.05) is 31.2 Å². The van der Waals surface area contributed by atoms with Crippen molar-refractivity contribution in [3.63, 3.8) is 0 Å². The molecule has 0 radical (unpaired) electrons. The van der Waals surface area contributed by atoms with Crippen LogP contribution in [0.3, 0.4) is 0 Å². The molecular formula is C23H24F3N5O3S. The Kier molecular flexibility index (Phi) is 9.12. The van der Waals surface area contributed by atoms with Gasteiger partial charge in [-0.15, -0.1) is 0 Å². The van der Waals surface area contributed by atoms with E-state index in [4.69, 9.17) is 4.74 Å². The second kappa shape index (κ2) is 12.2. The summed E-state index contributed by atoms with van der Waals surface area (Å²) in [6.07, 6.45) is -2.41. The van der Waals surface area contributed by atoms with Crippen molar-refractivity contribution >= 4 is 23.6 Å². The van der Waals surface area contributed by atoms with E-state index in [0.717, 1.165) is 22.4 Å². The summed E-state index contributed by atoms with van der Waals surface area (Å²) in [5, 5.41) is 8.51. The summed E-state index contributed by atoms with van der Waals surface area (Å²) >= 11 is 1.74. The lowest BCUT2D eigenvalue weighted by Crippen LogP contribution is -2.35. The van der Waals surface area contributed by atoms with Crippen LogP contribution in [0.1, 0.15) is 33.3 Å². The van der Waals surface area contributed by atoms with Crippen LogP contribution in [0.25, 0.3) is 5.69 Å². The van der Waals surface area contributed by atoms with Gasteiger partial charge in [0.25, 0.3) is 11.8 Å². The first-order valence-corrected chi connectivity index (χ1v) is 11.9. The Balaban J connectivity index is 1.52. The van der Waals surface area contributed by atoms with Crippen molar-refractivity contribution in [2.45, 2.75) is 13.1 Å². The maximum Gasteiger partial charge on any atom is 0.435 e. The van der Waals surface area contributed by atoms with Gasteiger partial charge in [0, 0.05) is 37.3 Å². The van der Waals surface area contributed by atoms with Gasteiger partial charge in [-0.05, 0) is 24.0 Å². The number of nitrogens with zero attached hydrogens (tertiary/aromatic N) is 3. The van der Waals surface area contributed by atoms with E-state index in [-0.39, 0.29) is 18.7 Å². The first-order chi connectivity index (χ1) is 16.8. The lowest BCUT2D eigenvalue weighted by Gasteiger charge is -2.09. The molecule has 186 valence electrons. The molecule has 0 saturated heterocycles. The van der Waals surface area contributed by atoms with E-state index in [0.29, 0.717) is 18.2 Å². The molecule has 0 aliphatic rings. The average molecular weight is 508 g/mol. The van der Waals surface area contributed by atoms with Gasteiger partial charge < -0.3 is 15.4 Å². The first-order valence-electron chi connectivity index (χ1n) is 10.7. The van der Waals surface area contributed by atoms with Crippen LogP contribution in [-0.2, 0) is 6.18 Å². The van der Waals surface area contributed by atoms with Crippen LogP contribution in [0.5, 0.6) is 5.88 Å². The number of para-hydroxylation sites is 1. The van der Waals surface area contributed by atoms with Crippen LogP contribution >= 0.6 is 11.8 Å². The first kappa shape index (κ1) is 26.1. The Morgan fingerprint density at radius 3 is 2.40 bits per heavy atom. The molecule has 35 heavy (non-hydrogen) atoms. The molecule has 3 rings (SSSR count). The largest absolute Gasteiger partial charge is 0.477 e. The number of aromatic nitrogens is 3. The van der Waals surface area contributed by atoms with Gasteiger partial charge in [0.2, 0.25) is 5.88 Å². The molecule has 0 spiro atoms. The number of halogens is 3. The van der Waals surface area contributed by atoms with Gasteiger partial charge in [-0.2, -0.15) is 30.0 Å². The van der Waals surface area contributed by atoms with Gasteiger partial charge in [-0.3, -0.25) is 9.59 Å². The molecule has 0 aliphatic carbocycles. The number of hydrogen-bond acceptors (Lipinski definition) is 6. The molecule has 2 amide bonds. The monoisotopic (exact) mass is 507 g/mol. The Hall–Kier alpha value is -3.54. The fraction of sp³-hybridized carbons (Fsp3) is 0.304. The number of amides is 2. The number of pyridine rings is 1. The summed E-state index contributed by atoms with van der Waals surface area (Å²) < 4.78 is 46.7. The van der Waals surface area contributed by atoms with Gasteiger partial charge in [0.05, 0.1) is 23.4 Å². The van der Waals surface area contributed by atoms with Crippen molar-refractivity contribution in [1.82, 2.24) is 25.4 Å². The number of carbonyl (C=O) groups excluding carboxylic acids is 2. The Bertz CT molecular complexity index is 1120. The molecule has 0 aliphatic heterocycles. The third-order valence-electron chi connectivity index (χ3n) is 4.62. The fourth-order valence-corrected chi connectivity index (χ4v) is 3.45. The Morgan fingerprint density at radius 1 is 1.06 bits per heavy atom. The molecule has 0 atom stereocenters. The van der Waals surface area contributed by atoms with Crippen LogP contribution < -0.4 is 15.4 Å². The quantitative estimate of drug-likeness (QED) is 0.385. The van der Waals surface area contributed by atoms with E-state index in [9.17, 15) is 22.8 Å². The lowest BCUT2D eigenvalue weighted by molar-refractivity contribution is -0.141. The molecule has 0 fully saturated rings. The summed E-state index contributed by atoms with van der Waals surface area (Å²) in [4.78, 5) is 28.8. The van der Waals surface area contributed by atoms with Crippen LogP contribution in [-0.4, -0.2) is 57.8 Å². The minimum Gasteiger partial charge on any atom is -0.477 e. The molecule has 2 heterocycles. The van der Waals surface area contributed by atoms with Gasteiger partial charge in [-0.1, -0.05) is 25.1 Å². The molecule has 3 aromatic rings. The van der Waals surface area contributed by atoms with E-state index in [1.54, 1.807) is 54.2 Å². The molecule has 0 unspecified atom stereocenters. The Morgan fingerprint density at radius 2 is 1.77 bits per heavy atom. The highest BCUT2D eigenvalue weighted by atomic mass is 32.2. The fourth-order valence-electron chi connectivity index (χ4n) is 2.96. The predicted molar refractivity (Wildman–Crippen MR) is 126 cm³/mol. The van der Waals surface area contributed by atoms with Crippen LogP contribution in [0.4, 0.5) is 13.2 Å². The second-order valence-corrected chi connectivity index (χ2v) is 8.51. The van der Waals surface area contributed by atoms with E-state index < -0.39 is 29.2 Å². The van der Waals surface area contributed by atoms with E-state index in [1.165, 1.54) is 6.20 Å². The van der Waals surface area contributed by atoms with Crippen molar-refractivity contribution < 1.29 is 27.5 Å². The number of nitrogens with one attached hydrogen (secondary N) is 2. The number of ether oxygens (including phenoxy) is 1. The number of hydrogen-bond donors (Lipinski definition) is 2. The van der Waals surface area contributed by atoms with Gasteiger partial charge in [0.1, 0.15) is 0 Å². The minimum absolute atomic E-state index is 0.00520. The average Bonchev–Trinajstić information content (AvgIpc) is 3.32. The van der Waals surface area contributed by atoms with E-state index in [1.807, 2.05) is 0 Å². The van der Waals surface area contributed by atoms with Crippen molar-refractivity contribution in [1.29, 1.82) is 0 Å². The van der Waals surface area contributed by atoms with E-state index >= 15 is 0 Å². The standard InChI is InChI=1S/C23H24F3N5O3S/c1-2-35-13-12-34-19-9-8-16(14-29-19)21(32)27-10-11-28-22(33)18-15-31(17-6-4-3-5-7-17)30-20(18)23(24,25)26/h3-9,14-15H,2,10-13H2,1H3,(H,27,32)(H,28,33). The number of carbonyl (C=O) groups is 2. The highest BCUT2D eigenvalue weighted by molar-refractivity contribution is 7.99. The zero-order valence-corrected chi connectivity index (χ0v) is 19.7. The maximum absolute atomic E-state index is 13.4. The maximum atomic E-state index is 13.4. The normalized spacial score (nSPS) is 11.2. The van der Waals surface area contributed by atoms with Crippen LogP contribution in [0.15, 0.2) is 54.9 Å².